The molecule has 5 N–H and O–H groups in total. The summed E-state index contributed by atoms with van der Waals surface area (Å²) in [6, 6.07) is 0. The van der Waals surface area contributed by atoms with Gasteiger partial charge in [-0.1, -0.05) is 5.16 Å². The van der Waals surface area contributed by atoms with Crippen LogP contribution in [0.5, 0.6) is 0 Å². The number of β-amino-alcohol motifs (C(OH)–C–C–N with tert-alkyl or cyclic N) is 2. The van der Waals surface area contributed by atoms with Crippen LogP contribution in [0.2, 0.25) is 0 Å². The molecular formula is C11H17N5O3. The van der Waals surface area contributed by atoms with Gasteiger partial charge in [0.25, 0.3) is 0 Å². The largest absolute Gasteiger partial charge is 0.409 e. The van der Waals surface area contributed by atoms with E-state index in [1.165, 1.54) is 0 Å². The molecule has 2 atom stereocenters. The van der Waals surface area contributed by atoms with Gasteiger partial charge in [0.2, 0.25) is 0 Å². The van der Waals surface area contributed by atoms with E-state index in [0.29, 0.717) is 17.1 Å². The number of aliphatic hydroxyl groups is 2. The van der Waals surface area contributed by atoms with E-state index in [2.05, 4.69) is 15.4 Å². The molecule has 1 aliphatic rings. The summed E-state index contributed by atoms with van der Waals surface area (Å²) < 4.78 is 0. The molecule has 19 heavy (non-hydrogen) atoms. The third-order valence-corrected chi connectivity index (χ3v) is 3.36. The van der Waals surface area contributed by atoms with Gasteiger partial charge in [0.1, 0.15) is 0 Å². The normalized spacial score (nSPS) is 24.0. The maximum absolute atomic E-state index is 9.59. The average molecular weight is 267 g/mol. The van der Waals surface area contributed by atoms with Gasteiger partial charge in [-0.05, 0) is 19.4 Å². The zero-order chi connectivity index (χ0) is 14.2. The van der Waals surface area contributed by atoms with Crippen LogP contribution in [0.3, 0.4) is 0 Å². The van der Waals surface area contributed by atoms with Crippen molar-refractivity contribution in [2.24, 2.45) is 10.9 Å². The van der Waals surface area contributed by atoms with E-state index in [1.54, 1.807) is 18.7 Å². The smallest absolute Gasteiger partial charge is 0.174 e. The van der Waals surface area contributed by atoms with E-state index in [1.807, 2.05) is 0 Å². The first-order valence-electron chi connectivity index (χ1n) is 5.88. The zero-order valence-corrected chi connectivity index (χ0v) is 10.8. The lowest BCUT2D eigenvalue weighted by atomic mass is 10.1. The summed E-state index contributed by atoms with van der Waals surface area (Å²) in [7, 11) is 0. The molecule has 0 spiro atoms. The molecule has 1 aromatic heterocycles. The van der Waals surface area contributed by atoms with Crippen molar-refractivity contribution in [1.29, 1.82) is 0 Å². The maximum Gasteiger partial charge on any atom is 0.174 e. The molecule has 0 bridgehead atoms. The van der Waals surface area contributed by atoms with Gasteiger partial charge in [0, 0.05) is 13.1 Å². The summed E-state index contributed by atoms with van der Waals surface area (Å²) in [5.74, 6) is 0.329. The Kier molecular flexibility index (Phi) is 3.54. The van der Waals surface area contributed by atoms with Crippen molar-refractivity contribution in [2.45, 2.75) is 26.1 Å². The highest BCUT2D eigenvalue weighted by atomic mass is 16.4. The first-order valence-corrected chi connectivity index (χ1v) is 5.88. The standard InChI is InChI=1S/C11H17N5O3/c1-5-6(2)13-14-11(9(5)10(12)15-19)16-3-7(17)8(18)4-16/h7-8,17-19H,3-4H2,1-2H3,(H2,12,15). The van der Waals surface area contributed by atoms with Gasteiger partial charge >= 0.3 is 0 Å². The van der Waals surface area contributed by atoms with E-state index in [0.717, 1.165) is 5.56 Å². The Morgan fingerprint density at radius 2 is 1.84 bits per heavy atom. The van der Waals surface area contributed by atoms with Gasteiger partial charge in [-0.15, -0.1) is 5.10 Å². The average Bonchev–Trinajstić information content (AvgIpc) is 2.71. The van der Waals surface area contributed by atoms with Crippen LogP contribution in [-0.2, 0) is 0 Å². The maximum atomic E-state index is 9.59. The number of oxime groups is 1. The molecule has 0 amide bonds. The summed E-state index contributed by atoms with van der Waals surface area (Å²) in [6.45, 7) is 4.02. The molecule has 0 saturated carbocycles. The predicted molar refractivity (Wildman–Crippen MR) is 68.2 cm³/mol. The van der Waals surface area contributed by atoms with Gasteiger partial charge in [-0.25, -0.2) is 0 Å². The van der Waals surface area contributed by atoms with Crippen LogP contribution >= 0.6 is 0 Å². The van der Waals surface area contributed by atoms with Crippen molar-refractivity contribution in [3.8, 4) is 0 Å². The van der Waals surface area contributed by atoms with Crippen molar-refractivity contribution < 1.29 is 15.4 Å². The number of nitrogens with two attached hydrogens (primary N) is 1. The Hall–Kier alpha value is -1.93. The lowest BCUT2D eigenvalue weighted by Gasteiger charge is -2.20. The van der Waals surface area contributed by atoms with Crippen LogP contribution in [0.4, 0.5) is 5.82 Å². The predicted octanol–water partition coefficient (Wildman–Crippen LogP) is -1.27. The molecule has 0 aliphatic carbocycles. The van der Waals surface area contributed by atoms with Gasteiger partial charge in [-0.3, -0.25) is 0 Å². The molecule has 2 heterocycles. The number of anilines is 1. The van der Waals surface area contributed by atoms with E-state index in [-0.39, 0.29) is 18.9 Å². The molecule has 1 aliphatic heterocycles. The molecule has 1 aromatic rings. The minimum atomic E-state index is -0.844. The van der Waals surface area contributed by atoms with E-state index in [9.17, 15) is 10.2 Å². The Morgan fingerprint density at radius 1 is 1.26 bits per heavy atom. The summed E-state index contributed by atoms with van der Waals surface area (Å²) in [6.07, 6.45) is -1.69. The second kappa shape index (κ2) is 4.98. The first-order chi connectivity index (χ1) is 8.95. The van der Waals surface area contributed by atoms with Crippen LogP contribution < -0.4 is 10.6 Å². The highest BCUT2D eigenvalue weighted by Crippen LogP contribution is 2.25. The monoisotopic (exact) mass is 267 g/mol. The van der Waals surface area contributed by atoms with E-state index < -0.39 is 12.2 Å². The molecule has 2 rings (SSSR count). The molecule has 104 valence electrons. The second-order valence-corrected chi connectivity index (χ2v) is 4.63. The highest BCUT2D eigenvalue weighted by Gasteiger charge is 2.33. The SMILES string of the molecule is Cc1nnc(N2CC(O)C(O)C2)c(C(N)=NO)c1C. The van der Waals surface area contributed by atoms with Crippen molar-refractivity contribution in [2.75, 3.05) is 18.0 Å². The molecular weight excluding hydrogens is 250 g/mol. The number of nitrogens with zero attached hydrogens (tertiary/aromatic N) is 4. The first kappa shape index (κ1) is 13.5. The third-order valence-electron chi connectivity index (χ3n) is 3.36. The molecule has 0 aromatic carbocycles. The lowest BCUT2D eigenvalue weighted by Crippen LogP contribution is -2.28. The molecule has 1 fully saturated rings. The van der Waals surface area contributed by atoms with Gasteiger partial charge in [-0.2, -0.15) is 5.10 Å². The molecule has 8 nitrogen and oxygen atoms in total. The van der Waals surface area contributed by atoms with E-state index in [4.69, 9.17) is 10.9 Å². The highest BCUT2D eigenvalue weighted by molar-refractivity contribution is 6.02. The Bertz CT molecular complexity index is 509. The number of hydrogen-bond acceptors (Lipinski definition) is 7. The molecule has 1 saturated heterocycles. The number of aromatic nitrogens is 2. The fourth-order valence-electron chi connectivity index (χ4n) is 2.12. The van der Waals surface area contributed by atoms with Crippen LogP contribution in [0.25, 0.3) is 0 Å². The van der Waals surface area contributed by atoms with Gasteiger partial charge in [0.15, 0.2) is 11.7 Å². The van der Waals surface area contributed by atoms with Crippen LogP contribution in [0, 0.1) is 13.8 Å². The minimum absolute atomic E-state index is 0.0682. The number of hydrogen-bond donors (Lipinski definition) is 4. The summed E-state index contributed by atoms with van der Waals surface area (Å²) in [4.78, 5) is 1.67. The van der Waals surface area contributed by atoms with Crippen molar-refractivity contribution in [3.05, 3.63) is 16.8 Å². The van der Waals surface area contributed by atoms with E-state index >= 15 is 0 Å². The lowest BCUT2D eigenvalue weighted by molar-refractivity contribution is 0.0572. The number of aryl methyl sites for hydroxylation is 1. The van der Waals surface area contributed by atoms with Crippen molar-refractivity contribution in [3.63, 3.8) is 0 Å². The van der Waals surface area contributed by atoms with Gasteiger partial charge < -0.3 is 26.1 Å². The number of aliphatic hydroxyl groups excluding tert-OH is 2. The zero-order valence-electron chi connectivity index (χ0n) is 10.8. The van der Waals surface area contributed by atoms with Crippen LogP contribution in [0.15, 0.2) is 5.16 Å². The number of amidine groups is 1. The summed E-state index contributed by atoms with van der Waals surface area (Å²) >= 11 is 0. The van der Waals surface area contributed by atoms with Gasteiger partial charge in [0.05, 0.1) is 23.5 Å². The fourth-order valence-corrected chi connectivity index (χ4v) is 2.12. The molecule has 0 radical (unpaired) electrons. The van der Waals surface area contributed by atoms with Crippen LogP contribution in [0.1, 0.15) is 16.8 Å². The fraction of sp³-hybridized carbons (Fsp3) is 0.545. The quantitative estimate of drug-likeness (QED) is 0.227. The summed E-state index contributed by atoms with van der Waals surface area (Å²) in [5, 5.41) is 39.1. The van der Waals surface area contributed by atoms with Crippen LogP contribution in [-0.4, -0.2) is 56.8 Å². The van der Waals surface area contributed by atoms with Crippen molar-refractivity contribution in [1.82, 2.24) is 10.2 Å². The topological polar surface area (TPSA) is 128 Å². The third kappa shape index (κ3) is 2.32. The second-order valence-electron chi connectivity index (χ2n) is 4.63. The molecule has 2 unspecified atom stereocenters. The van der Waals surface area contributed by atoms with Crippen molar-refractivity contribution >= 4 is 11.7 Å². The Morgan fingerprint density at radius 3 is 2.37 bits per heavy atom. The number of rotatable bonds is 2. The summed E-state index contributed by atoms with van der Waals surface area (Å²) in [5.41, 5.74) is 7.57. The molecule has 8 heteroatoms. The Labute approximate surface area is 110 Å². The Balaban J connectivity index is 2.49. The minimum Gasteiger partial charge on any atom is -0.409 e.